The normalized spacial score (nSPS) is 10.5. The average Bonchev–Trinajstić information content (AvgIpc) is 2.29. The van der Waals surface area contributed by atoms with E-state index in [4.69, 9.17) is 11.6 Å². The molecule has 0 heterocycles. The molecule has 0 fully saturated rings. The third-order valence-electron chi connectivity index (χ3n) is 2.56. The number of aryl methyl sites for hydroxylation is 1. The summed E-state index contributed by atoms with van der Waals surface area (Å²) in [5.74, 6) is 0.572. The van der Waals surface area contributed by atoms with Gasteiger partial charge in [-0.25, -0.2) is 0 Å². The van der Waals surface area contributed by atoms with Crippen molar-refractivity contribution in [1.82, 2.24) is 5.32 Å². The highest BCUT2D eigenvalue weighted by atomic mass is 35.5. The first kappa shape index (κ1) is 14.8. The van der Waals surface area contributed by atoms with Gasteiger partial charge < -0.3 is 10.6 Å². The standard InChI is InChI=1S/C14H21ClN2O/c1-10(2)9-17-14(18)6-7-16-13-5-4-12(15)8-11(13)3/h4-5,8,10,16H,6-7,9H2,1-3H3,(H,17,18). The number of nitrogens with one attached hydrogen (secondary N) is 2. The van der Waals surface area contributed by atoms with Gasteiger partial charge in [-0.15, -0.1) is 0 Å². The van der Waals surface area contributed by atoms with Crippen molar-refractivity contribution in [2.75, 3.05) is 18.4 Å². The molecule has 1 aromatic carbocycles. The third kappa shape index (κ3) is 5.41. The molecule has 3 nitrogen and oxygen atoms in total. The number of benzene rings is 1. The predicted molar refractivity (Wildman–Crippen MR) is 77.1 cm³/mol. The lowest BCUT2D eigenvalue weighted by atomic mass is 10.2. The number of halogens is 1. The smallest absolute Gasteiger partial charge is 0.221 e. The quantitative estimate of drug-likeness (QED) is 0.832. The minimum absolute atomic E-state index is 0.0859. The molecule has 0 radical (unpaired) electrons. The van der Waals surface area contributed by atoms with Crippen LogP contribution >= 0.6 is 11.6 Å². The predicted octanol–water partition coefficient (Wildman–Crippen LogP) is 3.22. The SMILES string of the molecule is Cc1cc(Cl)ccc1NCCC(=O)NCC(C)C. The van der Waals surface area contributed by atoms with Gasteiger partial charge >= 0.3 is 0 Å². The fraction of sp³-hybridized carbons (Fsp3) is 0.500. The highest BCUT2D eigenvalue weighted by Crippen LogP contribution is 2.19. The van der Waals surface area contributed by atoms with E-state index >= 15 is 0 Å². The van der Waals surface area contributed by atoms with Crippen molar-refractivity contribution in [3.05, 3.63) is 28.8 Å². The summed E-state index contributed by atoms with van der Waals surface area (Å²) in [5.41, 5.74) is 2.11. The van der Waals surface area contributed by atoms with Crippen molar-refractivity contribution >= 4 is 23.2 Å². The van der Waals surface area contributed by atoms with E-state index in [9.17, 15) is 4.79 Å². The van der Waals surface area contributed by atoms with Gasteiger partial charge in [-0.2, -0.15) is 0 Å². The van der Waals surface area contributed by atoms with Crippen LogP contribution in [0.25, 0.3) is 0 Å². The molecule has 0 aliphatic rings. The summed E-state index contributed by atoms with van der Waals surface area (Å²) in [4.78, 5) is 11.5. The van der Waals surface area contributed by atoms with Gasteiger partial charge in [-0.1, -0.05) is 25.4 Å². The molecule has 0 aromatic heterocycles. The Hall–Kier alpha value is -1.22. The first-order valence-electron chi connectivity index (χ1n) is 6.25. The van der Waals surface area contributed by atoms with Crippen molar-refractivity contribution in [1.29, 1.82) is 0 Å². The summed E-state index contributed by atoms with van der Waals surface area (Å²) < 4.78 is 0. The number of carbonyl (C=O) groups excluding carboxylic acids is 1. The van der Waals surface area contributed by atoms with Gasteiger partial charge in [0.15, 0.2) is 0 Å². The largest absolute Gasteiger partial charge is 0.384 e. The Morgan fingerprint density at radius 3 is 2.72 bits per heavy atom. The lowest BCUT2D eigenvalue weighted by molar-refractivity contribution is -0.120. The molecule has 0 aliphatic carbocycles. The van der Waals surface area contributed by atoms with E-state index in [1.807, 2.05) is 25.1 Å². The number of hydrogen-bond acceptors (Lipinski definition) is 2. The maximum absolute atomic E-state index is 11.5. The van der Waals surface area contributed by atoms with E-state index in [0.717, 1.165) is 22.8 Å². The van der Waals surface area contributed by atoms with Crippen LogP contribution in [0, 0.1) is 12.8 Å². The molecule has 0 bridgehead atoms. The third-order valence-corrected chi connectivity index (χ3v) is 2.80. The molecule has 1 aromatic rings. The van der Waals surface area contributed by atoms with E-state index in [1.54, 1.807) is 0 Å². The van der Waals surface area contributed by atoms with E-state index in [-0.39, 0.29) is 5.91 Å². The maximum Gasteiger partial charge on any atom is 0.221 e. The Bertz CT molecular complexity index is 405. The zero-order valence-electron chi connectivity index (χ0n) is 11.2. The lowest BCUT2D eigenvalue weighted by Gasteiger charge is -2.11. The summed E-state index contributed by atoms with van der Waals surface area (Å²) in [5, 5.41) is 6.86. The van der Waals surface area contributed by atoms with E-state index in [0.29, 0.717) is 18.9 Å². The second-order valence-electron chi connectivity index (χ2n) is 4.83. The van der Waals surface area contributed by atoms with Crippen LogP contribution in [-0.4, -0.2) is 19.0 Å². The Morgan fingerprint density at radius 1 is 1.39 bits per heavy atom. The summed E-state index contributed by atoms with van der Waals surface area (Å²) in [7, 11) is 0. The van der Waals surface area contributed by atoms with Crippen LogP contribution in [0.4, 0.5) is 5.69 Å². The summed E-state index contributed by atoms with van der Waals surface area (Å²) in [6.07, 6.45) is 0.481. The molecular weight excluding hydrogens is 248 g/mol. The Morgan fingerprint density at radius 2 is 2.11 bits per heavy atom. The Balaban J connectivity index is 2.31. The number of carbonyl (C=O) groups is 1. The van der Waals surface area contributed by atoms with Crippen LogP contribution in [0.5, 0.6) is 0 Å². The van der Waals surface area contributed by atoms with Gasteiger partial charge in [0, 0.05) is 30.2 Å². The van der Waals surface area contributed by atoms with Crippen molar-refractivity contribution in [2.45, 2.75) is 27.2 Å². The van der Waals surface area contributed by atoms with Gasteiger partial charge in [0.2, 0.25) is 5.91 Å². The average molecular weight is 269 g/mol. The second-order valence-corrected chi connectivity index (χ2v) is 5.27. The highest BCUT2D eigenvalue weighted by molar-refractivity contribution is 6.30. The monoisotopic (exact) mass is 268 g/mol. The minimum atomic E-state index is 0.0859. The van der Waals surface area contributed by atoms with Crippen molar-refractivity contribution in [3.8, 4) is 0 Å². The molecule has 1 rings (SSSR count). The zero-order chi connectivity index (χ0) is 13.5. The van der Waals surface area contributed by atoms with E-state index in [2.05, 4.69) is 24.5 Å². The maximum atomic E-state index is 11.5. The first-order chi connectivity index (χ1) is 8.49. The molecule has 2 N–H and O–H groups in total. The summed E-state index contributed by atoms with van der Waals surface area (Å²) >= 11 is 5.88. The summed E-state index contributed by atoms with van der Waals surface area (Å²) in [6.45, 7) is 7.52. The lowest BCUT2D eigenvalue weighted by Crippen LogP contribution is -2.28. The number of anilines is 1. The Labute approximate surface area is 114 Å². The molecule has 0 unspecified atom stereocenters. The molecule has 0 saturated carbocycles. The van der Waals surface area contributed by atoms with Crippen LogP contribution in [0.3, 0.4) is 0 Å². The molecule has 0 saturated heterocycles. The number of rotatable bonds is 6. The number of amides is 1. The highest BCUT2D eigenvalue weighted by Gasteiger charge is 2.03. The van der Waals surface area contributed by atoms with E-state index in [1.165, 1.54) is 0 Å². The molecule has 1 amide bonds. The second kappa shape index (κ2) is 7.27. The fourth-order valence-electron chi connectivity index (χ4n) is 1.54. The van der Waals surface area contributed by atoms with Crippen LogP contribution in [0.15, 0.2) is 18.2 Å². The molecule has 0 atom stereocenters. The van der Waals surface area contributed by atoms with Crippen molar-refractivity contribution in [2.24, 2.45) is 5.92 Å². The van der Waals surface area contributed by atoms with Crippen LogP contribution in [0.2, 0.25) is 5.02 Å². The van der Waals surface area contributed by atoms with Crippen molar-refractivity contribution < 1.29 is 4.79 Å². The zero-order valence-corrected chi connectivity index (χ0v) is 12.0. The summed E-state index contributed by atoms with van der Waals surface area (Å²) in [6, 6.07) is 5.68. The molecule has 18 heavy (non-hydrogen) atoms. The van der Waals surface area contributed by atoms with Gasteiger partial charge in [-0.3, -0.25) is 4.79 Å². The molecule has 100 valence electrons. The molecule has 0 spiro atoms. The van der Waals surface area contributed by atoms with Gasteiger partial charge in [-0.05, 0) is 36.6 Å². The number of hydrogen-bond donors (Lipinski definition) is 2. The van der Waals surface area contributed by atoms with Gasteiger partial charge in [0.1, 0.15) is 0 Å². The molecule has 0 aliphatic heterocycles. The van der Waals surface area contributed by atoms with Crippen LogP contribution in [-0.2, 0) is 4.79 Å². The van der Waals surface area contributed by atoms with E-state index < -0.39 is 0 Å². The minimum Gasteiger partial charge on any atom is -0.384 e. The Kier molecular flexibility index (Phi) is 5.99. The first-order valence-corrected chi connectivity index (χ1v) is 6.63. The van der Waals surface area contributed by atoms with Crippen molar-refractivity contribution in [3.63, 3.8) is 0 Å². The van der Waals surface area contributed by atoms with Crippen LogP contribution in [0.1, 0.15) is 25.8 Å². The van der Waals surface area contributed by atoms with Gasteiger partial charge in [0.05, 0.1) is 0 Å². The topological polar surface area (TPSA) is 41.1 Å². The molecular formula is C14H21ClN2O. The van der Waals surface area contributed by atoms with Crippen LogP contribution < -0.4 is 10.6 Å². The molecule has 4 heteroatoms. The fourth-order valence-corrected chi connectivity index (χ4v) is 1.77. The van der Waals surface area contributed by atoms with Gasteiger partial charge in [0.25, 0.3) is 0 Å².